The van der Waals surface area contributed by atoms with Crippen LogP contribution in [0.1, 0.15) is 23.6 Å². The number of hydrogen-bond donors (Lipinski definition) is 3. The standard InChI is InChI=1S/C21H18F3N5O/c22-21(23,24)14-9-7-13(8-10-14)15(25)12-19(30)27-28-20-18-6-3-11-29(18)17-5-2-1-4-16(17)26-20/h1-11,15H,12,25H2,(H,26,28)(H,27,30). The molecule has 0 saturated heterocycles. The fraction of sp³-hybridized carbons (Fsp3) is 0.143. The van der Waals surface area contributed by atoms with Crippen molar-refractivity contribution in [3.8, 4) is 0 Å². The summed E-state index contributed by atoms with van der Waals surface area (Å²) in [5.74, 6) is 0.0530. The van der Waals surface area contributed by atoms with Gasteiger partial charge in [0.25, 0.3) is 0 Å². The number of carbonyl (C=O) groups is 1. The van der Waals surface area contributed by atoms with Gasteiger partial charge >= 0.3 is 6.18 Å². The van der Waals surface area contributed by atoms with Crippen molar-refractivity contribution in [2.75, 3.05) is 5.43 Å². The summed E-state index contributed by atoms with van der Waals surface area (Å²) in [4.78, 5) is 16.8. The average molecular weight is 413 g/mol. The number of hydrazine groups is 1. The molecule has 0 fully saturated rings. The van der Waals surface area contributed by atoms with Crippen LogP contribution in [0.2, 0.25) is 0 Å². The van der Waals surface area contributed by atoms with E-state index < -0.39 is 23.7 Å². The molecule has 9 heteroatoms. The SMILES string of the molecule is NC(CC(=O)NNc1nc2ccccc2n2cccc12)c1ccc(C(F)(F)F)cc1. The largest absolute Gasteiger partial charge is 0.416 e. The van der Waals surface area contributed by atoms with E-state index in [1.165, 1.54) is 12.1 Å². The number of anilines is 1. The summed E-state index contributed by atoms with van der Waals surface area (Å²) in [5.41, 5.74) is 13.5. The molecule has 2 aromatic carbocycles. The Hall–Kier alpha value is -3.59. The predicted molar refractivity (Wildman–Crippen MR) is 107 cm³/mol. The van der Waals surface area contributed by atoms with Crippen LogP contribution in [0.5, 0.6) is 0 Å². The lowest BCUT2D eigenvalue weighted by atomic mass is 10.0. The maximum Gasteiger partial charge on any atom is 0.416 e. The Bertz CT molecular complexity index is 1200. The van der Waals surface area contributed by atoms with Crippen LogP contribution < -0.4 is 16.6 Å². The zero-order valence-electron chi connectivity index (χ0n) is 15.6. The molecule has 1 atom stereocenters. The lowest BCUT2D eigenvalue weighted by molar-refractivity contribution is -0.137. The first-order chi connectivity index (χ1) is 14.3. The highest BCUT2D eigenvalue weighted by molar-refractivity contribution is 5.86. The molecule has 0 aliphatic rings. The highest BCUT2D eigenvalue weighted by Gasteiger charge is 2.30. The van der Waals surface area contributed by atoms with Crippen molar-refractivity contribution < 1.29 is 18.0 Å². The van der Waals surface area contributed by atoms with Crippen LogP contribution >= 0.6 is 0 Å². The number of benzene rings is 2. The van der Waals surface area contributed by atoms with Crippen molar-refractivity contribution in [2.24, 2.45) is 5.73 Å². The third kappa shape index (κ3) is 3.92. The summed E-state index contributed by atoms with van der Waals surface area (Å²) in [6.07, 6.45) is -2.63. The number of fused-ring (bicyclic) bond motifs is 3. The summed E-state index contributed by atoms with van der Waals surface area (Å²) >= 11 is 0. The van der Waals surface area contributed by atoms with E-state index in [4.69, 9.17) is 5.73 Å². The lowest BCUT2D eigenvalue weighted by Crippen LogP contribution is -2.32. The number of nitrogens with two attached hydrogens (primary N) is 1. The van der Waals surface area contributed by atoms with Crippen molar-refractivity contribution in [1.82, 2.24) is 14.8 Å². The van der Waals surface area contributed by atoms with E-state index in [1.54, 1.807) is 0 Å². The van der Waals surface area contributed by atoms with E-state index in [9.17, 15) is 18.0 Å². The molecule has 2 aromatic heterocycles. The van der Waals surface area contributed by atoms with Gasteiger partial charge in [0, 0.05) is 18.7 Å². The Labute approximate surface area is 169 Å². The van der Waals surface area contributed by atoms with Crippen molar-refractivity contribution >= 4 is 28.3 Å². The van der Waals surface area contributed by atoms with E-state index in [-0.39, 0.29) is 6.42 Å². The van der Waals surface area contributed by atoms with Crippen molar-refractivity contribution in [3.05, 3.63) is 78.0 Å². The summed E-state index contributed by atoms with van der Waals surface area (Å²) in [7, 11) is 0. The Kier molecular flexibility index (Phi) is 5.04. The van der Waals surface area contributed by atoms with Gasteiger partial charge in [-0.1, -0.05) is 24.3 Å². The topological polar surface area (TPSA) is 84.5 Å². The second-order valence-corrected chi connectivity index (χ2v) is 6.82. The molecule has 4 rings (SSSR count). The third-order valence-electron chi connectivity index (χ3n) is 4.76. The van der Waals surface area contributed by atoms with Crippen LogP contribution in [0.3, 0.4) is 0 Å². The average Bonchev–Trinajstić information content (AvgIpc) is 3.22. The number of aromatic nitrogens is 2. The second kappa shape index (κ2) is 7.68. The zero-order valence-corrected chi connectivity index (χ0v) is 15.6. The molecule has 30 heavy (non-hydrogen) atoms. The molecule has 0 radical (unpaired) electrons. The molecule has 4 N–H and O–H groups in total. The molecule has 154 valence electrons. The van der Waals surface area contributed by atoms with Gasteiger partial charge in [0.2, 0.25) is 5.91 Å². The fourth-order valence-electron chi connectivity index (χ4n) is 3.23. The number of carbonyl (C=O) groups excluding carboxylic acids is 1. The van der Waals surface area contributed by atoms with Gasteiger partial charge in [-0.2, -0.15) is 13.2 Å². The summed E-state index contributed by atoms with van der Waals surface area (Å²) in [5, 5.41) is 0. The van der Waals surface area contributed by atoms with Crippen molar-refractivity contribution in [3.63, 3.8) is 0 Å². The summed E-state index contributed by atoms with van der Waals surface area (Å²) in [6, 6.07) is 15.1. The van der Waals surface area contributed by atoms with Gasteiger partial charge in [0.1, 0.15) is 0 Å². The van der Waals surface area contributed by atoms with Gasteiger partial charge in [0.05, 0.1) is 22.1 Å². The van der Waals surface area contributed by atoms with Crippen LogP contribution in [0, 0.1) is 0 Å². The van der Waals surface area contributed by atoms with Gasteiger partial charge in [-0.25, -0.2) is 4.98 Å². The van der Waals surface area contributed by atoms with Crippen molar-refractivity contribution in [1.29, 1.82) is 0 Å². The Morgan fingerprint density at radius 2 is 1.73 bits per heavy atom. The second-order valence-electron chi connectivity index (χ2n) is 6.82. The minimum atomic E-state index is -4.42. The van der Waals surface area contributed by atoms with E-state index in [2.05, 4.69) is 15.8 Å². The van der Waals surface area contributed by atoms with Crippen LogP contribution in [0.15, 0.2) is 66.9 Å². The number of nitrogens with zero attached hydrogens (tertiary/aromatic N) is 2. The van der Waals surface area contributed by atoms with Gasteiger partial charge in [-0.05, 0) is 42.0 Å². The first-order valence-corrected chi connectivity index (χ1v) is 9.16. The summed E-state index contributed by atoms with van der Waals surface area (Å²) < 4.78 is 39.9. The molecule has 1 unspecified atom stereocenters. The molecule has 6 nitrogen and oxygen atoms in total. The van der Waals surface area contributed by atoms with Crippen LogP contribution in [0.25, 0.3) is 16.6 Å². The predicted octanol–water partition coefficient (Wildman–Crippen LogP) is 4.04. The number of nitrogens with one attached hydrogen (secondary N) is 2. The Balaban J connectivity index is 1.44. The molecule has 2 heterocycles. The highest BCUT2D eigenvalue weighted by atomic mass is 19.4. The molecule has 0 aliphatic heterocycles. The minimum Gasteiger partial charge on any atom is -0.324 e. The van der Waals surface area contributed by atoms with Crippen LogP contribution in [-0.2, 0) is 11.0 Å². The minimum absolute atomic E-state index is 0.108. The van der Waals surface area contributed by atoms with Gasteiger partial charge in [-0.15, -0.1) is 0 Å². The Morgan fingerprint density at radius 3 is 2.47 bits per heavy atom. The van der Waals surface area contributed by atoms with E-state index >= 15 is 0 Å². The molecule has 1 amide bonds. The van der Waals surface area contributed by atoms with Crippen molar-refractivity contribution in [2.45, 2.75) is 18.6 Å². The molecule has 4 aromatic rings. The normalized spacial score (nSPS) is 12.8. The molecular formula is C21H18F3N5O. The fourth-order valence-corrected chi connectivity index (χ4v) is 3.23. The van der Waals surface area contributed by atoms with E-state index in [0.29, 0.717) is 11.4 Å². The quantitative estimate of drug-likeness (QED) is 0.431. The maximum atomic E-state index is 12.7. The number of halogens is 3. The molecule has 0 saturated carbocycles. The van der Waals surface area contributed by atoms with Gasteiger partial charge < -0.3 is 10.1 Å². The Morgan fingerprint density at radius 1 is 1.03 bits per heavy atom. The molecule has 0 aliphatic carbocycles. The number of hydrogen-bond acceptors (Lipinski definition) is 4. The van der Waals surface area contributed by atoms with Gasteiger partial charge in [0.15, 0.2) is 5.82 Å². The van der Waals surface area contributed by atoms with Crippen LogP contribution in [0.4, 0.5) is 19.0 Å². The summed E-state index contributed by atoms with van der Waals surface area (Å²) in [6.45, 7) is 0. The first kappa shape index (κ1) is 19.7. The molecule has 0 spiro atoms. The maximum absolute atomic E-state index is 12.7. The van der Waals surface area contributed by atoms with E-state index in [0.717, 1.165) is 28.7 Å². The highest BCUT2D eigenvalue weighted by Crippen LogP contribution is 2.30. The van der Waals surface area contributed by atoms with E-state index in [1.807, 2.05) is 47.0 Å². The van der Waals surface area contributed by atoms with Crippen LogP contribution in [-0.4, -0.2) is 15.3 Å². The lowest BCUT2D eigenvalue weighted by Gasteiger charge is -2.15. The smallest absolute Gasteiger partial charge is 0.324 e. The van der Waals surface area contributed by atoms with Gasteiger partial charge in [-0.3, -0.25) is 15.6 Å². The molecular weight excluding hydrogens is 395 g/mol. The zero-order chi connectivity index (χ0) is 21.3. The first-order valence-electron chi connectivity index (χ1n) is 9.16. The number of alkyl halides is 3. The third-order valence-corrected chi connectivity index (χ3v) is 4.76. The number of amides is 1. The molecule has 0 bridgehead atoms. The number of rotatable bonds is 5. The number of para-hydroxylation sites is 2. The monoisotopic (exact) mass is 413 g/mol.